The van der Waals surface area contributed by atoms with Crippen molar-refractivity contribution < 1.29 is 17.9 Å². The molecule has 0 saturated carbocycles. The van der Waals surface area contributed by atoms with Gasteiger partial charge in [-0.1, -0.05) is 12.1 Å². The molecule has 2 aromatic rings. The molecule has 3 aliphatic heterocycles. The zero-order chi connectivity index (χ0) is 18.3. The molecule has 0 spiro atoms. The van der Waals surface area contributed by atoms with Gasteiger partial charge in [-0.15, -0.1) is 10.2 Å². The predicted octanol–water partition coefficient (Wildman–Crippen LogP) is 4.02. The summed E-state index contributed by atoms with van der Waals surface area (Å²) in [5.74, 6) is 0.950. The van der Waals surface area contributed by atoms with Gasteiger partial charge in [0.15, 0.2) is 0 Å². The summed E-state index contributed by atoms with van der Waals surface area (Å²) >= 11 is 0. The van der Waals surface area contributed by atoms with Crippen LogP contribution in [-0.4, -0.2) is 40.3 Å². The Morgan fingerprint density at radius 1 is 1.08 bits per heavy atom. The van der Waals surface area contributed by atoms with Crippen molar-refractivity contribution in [1.82, 2.24) is 15.1 Å². The van der Waals surface area contributed by atoms with Gasteiger partial charge in [0.05, 0.1) is 11.3 Å². The molecule has 138 valence electrons. The van der Waals surface area contributed by atoms with Crippen LogP contribution in [0.5, 0.6) is 5.88 Å². The van der Waals surface area contributed by atoms with Crippen molar-refractivity contribution in [2.24, 2.45) is 5.92 Å². The highest BCUT2D eigenvalue weighted by molar-refractivity contribution is 5.59. The number of aromatic nitrogens is 2. The van der Waals surface area contributed by atoms with E-state index in [0.29, 0.717) is 29.1 Å². The Labute approximate surface area is 150 Å². The SMILES string of the molecule is C[C@H]1[C@H](Oc2ccc(-c3cccc(C(F)(F)F)c3)nn2)C2CCN1CC2. The molecule has 4 heterocycles. The number of hydrogen-bond acceptors (Lipinski definition) is 4. The molecule has 0 amide bonds. The Bertz CT molecular complexity index is 768. The van der Waals surface area contributed by atoms with Crippen LogP contribution in [0.25, 0.3) is 11.3 Å². The highest BCUT2D eigenvalue weighted by atomic mass is 19.4. The quantitative estimate of drug-likeness (QED) is 0.826. The second kappa shape index (κ2) is 6.54. The zero-order valence-electron chi connectivity index (χ0n) is 14.4. The van der Waals surface area contributed by atoms with E-state index in [0.717, 1.165) is 38.1 Å². The van der Waals surface area contributed by atoms with Gasteiger partial charge in [0.1, 0.15) is 6.10 Å². The lowest BCUT2D eigenvalue weighted by atomic mass is 9.81. The van der Waals surface area contributed by atoms with Crippen molar-refractivity contribution in [3.05, 3.63) is 42.0 Å². The Kier molecular flexibility index (Phi) is 4.34. The summed E-state index contributed by atoms with van der Waals surface area (Å²) in [5, 5.41) is 8.16. The van der Waals surface area contributed by atoms with Gasteiger partial charge in [-0.2, -0.15) is 13.2 Å². The van der Waals surface area contributed by atoms with Crippen LogP contribution < -0.4 is 4.74 Å². The molecule has 7 heteroatoms. The Balaban J connectivity index is 1.51. The number of benzene rings is 1. The van der Waals surface area contributed by atoms with Crippen LogP contribution in [0.2, 0.25) is 0 Å². The maximum Gasteiger partial charge on any atom is 0.416 e. The van der Waals surface area contributed by atoms with Gasteiger partial charge in [-0.25, -0.2) is 0 Å². The predicted molar refractivity (Wildman–Crippen MR) is 90.6 cm³/mol. The van der Waals surface area contributed by atoms with Crippen LogP contribution in [0, 0.1) is 5.92 Å². The summed E-state index contributed by atoms with van der Waals surface area (Å²) < 4.78 is 44.7. The van der Waals surface area contributed by atoms with Gasteiger partial charge in [0, 0.05) is 17.7 Å². The van der Waals surface area contributed by atoms with Gasteiger partial charge in [-0.3, -0.25) is 4.90 Å². The second-order valence-corrected chi connectivity index (χ2v) is 7.03. The van der Waals surface area contributed by atoms with E-state index >= 15 is 0 Å². The summed E-state index contributed by atoms with van der Waals surface area (Å²) in [6.45, 7) is 4.40. The van der Waals surface area contributed by atoms with Crippen molar-refractivity contribution >= 4 is 0 Å². The topological polar surface area (TPSA) is 38.3 Å². The number of hydrogen-bond donors (Lipinski definition) is 0. The number of piperidine rings is 3. The number of nitrogens with zero attached hydrogens (tertiary/aromatic N) is 3. The standard InChI is InChI=1S/C19H20F3N3O/c1-12-18(13-7-9-25(12)10-8-13)26-17-6-5-16(23-24-17)14-3-2-4-15(11-14)19(20,21)22/h2-6,11-13,18H,7-10H2,1H3/t12-,18-/m0/s1. The lowest BCUT2D eigenvalue weighted by molar-refractivity contribution is -0.137. The van der Waals surface area contributed by atoms with Gasteiger partial charge in [0.2, 0.25) is 5.88 Å². The minimum Gasteiger partial charge on any atom is -0.471 e. The zero-order valence-corrected chi connectivity index (χ0v) is 14.4. The minimum atomic E-state index is -4.38. The van der Waals surface area contributed by atoms with Crippen LogP contribution in [0.4, 0.5) is 13.2 Å². The monoisotopic (exact) mass is 363 g/mol. The van der Waals surface area contributed by atoms with Crippen molar-refractivity contribution in [2.75, 3.05) is 13.1 Å². The summed E-state index contributed by atoms with van der Waals surface area (Å²) in [4.78, 5) is 2.43. The van der Waals surface area contributed by atoms with Gasteiger partial charge in [0.25, 0.3) is 0 Å². The summed E-state index contributed by atoms with van der Waals surface area (Å²) in [6, 6.07) is 8.78. The average molecular weight is 363 g/mol. The van der Waals surface area contributed by atoms with E-state index in [1.807, 2.05) is 0 Å². The smallest absolute Gasteiger partial charge is 0.416 e. The van der Waals surface area contributed by atoms with Crippen LogP contribution in [0.1, 0.15) is 25.3 Å². The lowest BCUT2D eigenvalue weighted by Gasteiger charge is -2.48. The Morgan fingerprint density at radius 3 is 2.46 bits per heavy atom. The Hall–Kier alpha value is -2.15. The van der Waals surface area contributed by atoms with Gasteiger partial charge < -0.3 is 4.74 Å². The third kappa shape index (κ3) is 3.28. The van der Waals surface area contributed by atoms with Crippen LogP contribution >= 0.6 is 0 Å². The molecule has 3 fully saturated rings. The number of rotatable bonds is 3. The van der Waals surface area contributed by atoms with Crippen molar-refractivity contribution in [2.45, 2.75) is 38.1 Å². The molecule has 5 rings (SSSR count). The first kappa shape index (κ1) is 17.3. The first-order valence-corrected chi connectivity index (χ1v) is 8.84. The fraction of sp³-hybridized carbons (Fsp3) is 0.474. The number of halogens is 3. The summed E-state index contributed by atoms with van der Waals surface area (Å²) in [7, 11) is 0. The van der Waals surface area contributed by atoms with Crippen molar-refractivity contribution in [1.29, 1.82) is 0 Å². The maximum absolute atomic E-state index is 12.9. The molecule has 2 bridgehead atoms. The molecule has 2 atom stereocenters. The third-order valence-electron chi connectivity index (χ3n) is 5.47. The van der Waals surface area contributed by atoms with E-state index in [9.17, 15) is 13.2 Å². The molecule has 3 aliphatic rings. The highest BCUT2D eigenvalue weighted by Crippen LogP contribution is 2.35. The summed E-state index contributed by atoms with van der Waals surface area (Å²) in [6.07, 6.45) is -2.03. The van der Waals surface area contributed by atoms with Gasteiger partial charge in [-0.05, 0) is 57.0 Å². The fourth-order valence-electron chi connectivity index (χ4n) is 3.98. The maximum atomic E-state index is 12.9. The highest BCUT2D eigenvalue weighted by Gasteiger charge is 2.41. The van der Waals surface area contributed by atoms with Crippen LogP contribution in [-0.2, 0) is 6.18 Å². The molecular formula is C19H20F3N3O. The van der Waals surface area contributed by atoms with E-state index in [2.05, 4.69) is 22.0 Å². The number of ether oxygens (including phenoxy) is 1. The minimum absolute atomic E-state index is 0.0891. The van der Waals surface area contributed by atoms with E-state index < -0.39 is 11.7 Å². The molecule has 0 aliphatic carbocycles. The van der Waals surface area contributed by atoms with Crippen LogP contribution in [0.15, 0.2) is 36.4 Å². The first-order valence-electron chi connectivity index (χ1n) is 8.84. The molecule has 0 N–H and O–H groups in total. The molecule has 1 aromatic heterocycles. The van der Waals surface area contributed by atoms with Crippen molar-refractivity contribution in [3.8, 4) is 17.1 Å². The fourth-order valence-corrected chi connectivity index (χ4v) is 3.98. The molecule has 3 saturated heterocycles. The Morgan fingerprint density at radius 2 is 1.85 bits per heavy atom. The van der Waals surface area contributed by atoms with Gasteiger partial charge >= 0.3 is 6.18 Å². The molecule has 4 nitrogen and oxygen atoms in total. The second-order valence-electron chi connectivity index (χ2n) is 7.03. The van der Waals surface area contributed by atoms with E-state index in [1.165, 1.54) is 6.07 Å². The third-order valence-corrected chi connectivity index (χ3v) is 5.47. The molecule has 0 unspecified atom stereocenters. The number of alkyl halides is 3. The van der Waals surface area contributed by atoms with E-state index in [4.69, 9.17) is 4.74 Å². The summed E-state index contributed by atoms with van der Waals surface area (Å²) in [5.41, 5.74) is 0.0822. The first-order chi connectivity index (χ1) is 12.4. The average Bonchev–Trinajstić information content (AvgIpc) is 2.65. The normalized spacial score (nSPS) is 28.2. The molecule has 26 heavy (non-hydrogen) atoms. The van der Waals surface area contributed by atoms with Crippen LogP contribution in [0.3, 0.4) is 0 Å². The van der Waals surface area contributed by atoms with E-state index in [1.54, 1.807) is 18.2 Å². The largest absolute Gasteiger partial charge is 0.471 e. The lowest BCUT2D eigenvalue weighted by Crippen LogP contribution is -2.58. The van der Waals surface area contributed by atoms with E-state index in [-0.39, 0.29) is 6.10 Å². The molecule has 0 radical (unpaired) electrons. The molecule has 1 aromatic carbocycles. The van der Waals surface area contributed by atoms with Crippen molar-refractivity contribution in [3.63, 3.8) is 0 Å². The molecular weight excluding hydrogens is 343 g/mol. The number of fused-ring (bicyclic) bond motifs is 3.